The van der Waals surface area contributed by atoms with Crippen LogP contribution in [0.3, 0.4) is 0 Å². The highest BCUT2D eigenvalue weighted by molar-refractivity contribution is 6.02. The van der Waals surface area contributed by atoms with Gasteiger partial charge in [-0.2, -0.15) is 15.3 Å². The first kappa shape index (κ1) is 21.9. The van der Waals surface area contributed by atoms with Crippen molar-refractivity contribution < 1.29 is 9.53 Å². The van der Waals surface area contributed by atoms with Crippen LogP contribution in [0.25, 0.3) is 33.8 Å². The molecule has 6 rings (SSSR count). The fourth-order valence-corrected chi connectivity index (χ4v) is 5.44. The number of nitrogens with two attached hydrogens (primary N) is 1. The molecule has 1 amide bonds. The highest BCUT2D eigenvalue weighted by atomic mass is 16.5. The minimum atomic E-state index is -0.498. The van der Waals surface area contributed by atoms with Gasteiger partial charge in [-0.1, -0.05) is 0 Å². The molecule has 4 aromatic rings. The molecule has 5 heterocycles. The number of amides is 1. The third-order valence-electron chi connectivity index (χ3n) is 7.18. The summed E-state index contributed by atoms with van der Waals surface area (Å²) in [4.78, 5) is 19.5. The van der Waals surface area contributed by atoms with E-state index in [1.807, 2.05) is 41.5 Å². The van der Waals surface area contributed by atoms with E-state index in [0.29, 0.717) is 35.8 Å². The van der Waals surface area contributed by atoms with E-state index >= 15 is 0 Å². The number of fused-ring (bicyclic) bond motifs is 3. The van der Waals surface area contributed by atoms with E-state index in [-0.39, 0.29) is 0 Å². The highest BCUT2D eigenvalue weighted by Crippen LogP contribution is 2.31. The Hall–Kier alpha value is -3.57. The van der Waals surface area contributed by atoms with Crippen molar-refractivity contribution in [3.63, 3.8) is 0 Å². The fraction of sp³-hybridized carbons (Fsp3) is 0.458. The molecular formula is C24H29N9O2. The zero-order valence-electron chi connectivity index (χ0n) is 19.9. The average Bonchev–Trinajstić information content (AvgIpc) is 3.62. The molecule has 2 unspecified atom stereocenters. The number of benzene rings is 1. The van der Waals surface area contributed by atoms with Crippen molar-refractivity contribution in [3.8, 4) is 22.9 Å². The summed E-state index contributed by atoms with van der Waals surface area (Å²) in [6, 6.07) is 6.50. The topological polar surface area (TPSA) is 133 Å². The van der Waals surface area contributed by atoms with E-state index in [2.05, 4.69) is 25.3 Å². The SMILES string of the molecule is CCn1nc(C)cc1-c1nc(-c2cc(C(N)=O)cc3c2cnn3CCN2C3CCC2COC3)n[nH]1. The second-order valence-corrected chi connectivity index (χ2v) is 9.34. The quantitative estimate of drug-likeness (QED) is 0.417. The molecule has 0 aliphatic carbocycles. The number of morpholine rings is 1. The Kier molecular flexibility index (Phi) is 5.37. The summed E-state index contributed by atoms with van der Waals surface area (Å²) in [6.45, 7) is 7.90. The maximum atomic E-state index is 12.2. The van der Waals surface area contributed by atoms with E-state index in [4.69, 9.17) is 15.5 Å². The Morgan fingerprint density at radius 1 is 1.17 bits per heavy atom. The van der Waals surface area contributed by atoms with Gasteiger partial charge < -0.3 is 10.5 Å². The van der Waals surface area contributed by atoms with E-state index in [9.17, 15) is 4.79 Å². The Labute approximate surface area is 202 Å². The number of primary amides is 1. The lowest BCUT2D eigenvalue weighted by molar-refractivity contribution is -0.0159. The average molecular weight is 476 g/mol. The number of H-pyrrole nitrogens is 1. The van der Waals surface area contributed by atoms with Crippen molar-refractivity contribution in [2.45, 2.75) is 51.9 Å². The number of hydrogen-bond donors (Lipinski definition) is 2. The second kappa shape index (κ2) is 8.58. The lowest BCUT2D eigenvalue weighted by atomic mass is 10.0. The third kappa shape index (κ3) is 3.80. The summed E-state index contributed by atoms with van der Waals surface area (Å²) in [7, 11) is 0. The molecule has 2 aliphatic rings. The number of nitrogens with zero attached hydrogens (tertiary/aromatic N) is 7. The number of nitrogens with one attached hydrogen (secondary N) is 1. The van der Waals surface area contributed by atoms with Crippen molar-refractivity contribution in [1.29, 1.82) is 0 Å². The highest BCUT2D eigenvalue weighted by Gasteiger charge is 2.36. The van der Waals surface area contributed by atoms with Gasteiger partial charge in [0.1, 0.15) is 5.69 Å². The van der Waals surface area contributed by atoms with Crippen LogP contribution < -0.4 is 5.73 Å². The molecule has 2 bridgehead atoms. The van der Waals surface area contributed by atoms with Gasteiger partial charge in [0.05, 0.1) is 37.2 Å². The molecule has 0 radical (unpaired) electrons. The monoisotopic (exact) mass is 475 g/mol. The molecular weight excluding hydrogens is 446 g/mol. The van der Waals surface area contributed by atoms with Crippen molar-refractivity contribution in [3.05, 3.63) is 35.7 Å². The summed E-state index contributed by atoms with van der Waals surface area (Å²) in [5, 5.41) is 17.5. The number of carbonyl (C=O) groups excluding carboxylic acids is 1. The maximum Gasteiger partial charge on any atom is 0.248 e. The third-order valence-corrected chi connectivity index (χ3v) is 7.18. The molecule has 35 heavy (non-hydrogen) atoms. The van der Waals surface area contributed by atoms with Crippen LogP contribution in [-0.2, 0) is 17.8 Å². The normalized spacial score (nSPS) is 20.2. The van der Waals surface area contributed by atoms with Crippen molar-refractivity contribution in [1.82, 2.24) is 39.6 Å². The number of hydrogen-bond acceptors (Lipinski definition) is 7. The second-order valence-electron chi connectivity index (χ2n) is 9.34. The molecule has 11 nitrogen and oxygen atoms in total. The molecule has 0 spiro atoms. The van der Waals surface area contributed by atoms with Gasteiger partial charge in [-0.3, -0.25) is 24.2 Å². The number of ether oxygens (including phenoxy) is 1. The van der Waals surface area contributed by atoms with Crippen molar-refractivity contribution in [2.24, 2.45) is 5.73 Å². The molecule has 2 aliphatic heterocycles. The maximum absolute atomic E-state index is 12.2. The van der Waals surface area contributed by atoms with E-state index < -0.39 is 5.91 Å². The van der Waals surface area contributed by atoms with Crippen molar-refractivity contribution >= 4 is 16.8 Å². The predicted molar refractivity (Wildman–Crippen MR) is 130 cm³/mol. The molecule has 2 saturated heterocycles. The van der Waals surface area contributed by atoms with Gasteiger partial charge in [0.25, 0.3) is 0 Å². The molecule has 2 fully saturated rings. The minimum absolute atomic E-state index is 0.404. The van der Waals surface area contributed by atoms with E-state index in [1.165, 1.54) is 12.8 Å². The number of rotatable bonds is 7. The molecule has 3 N–H and O–H groups in total. The molecule has 11 heteroatoms. The first-order valence-electron chi connectivity index (χ1n) is 12.1. The fourth-order valence-electron chi connectivity index (χ4n) is 5.44. The van der Waals surface area contributed by atoms with Crippen molar-refractivity contribution in [2.75, 3.05) is 19.8 Å². The van der Waals surface area contributed by atoms with Gasteiger partial charge in [0.2, 0.25) is 5.91 Å². The van der Waals surface area contributed by atoms with Crippen LogP contribution in [0.4, 0.5) is 0 Å². The zero-order valence-corrected chi connectivity index (χ0v) is 19.9. The van der Waals surface area contributed by atoms with Crippen LogP contribution in [0.2, 0.25) is 0 Å². The molecule has 0 saturated carbocycles. The van der Waals surface area contributed by atoms with E-state index in [1.54, 1.807) is 6.07 Å². The standard InChI is InChI=1S/C24H29N9O2/c1-3-32-21(8-14(2)30-32)24-27-23(28-29-24)18-9-15(22(25)34)10-20-19(18)11-26-33(20)7-6-31-16-4-5-17(31)13-35-12-16/h8-11,16-17H,3-7,12-13H2,1-2H3,(H2,25,34)(H,27,28,29). The van der Waals surface area contributed by atoms with Gasteiger partial charge in [-0.15, -0.1) is 0 Å². The predicted octanol–water partition coefficient (Wildman–Crippen LogP) is 1.98. The minimum Gasteiger partial charge on any atom is -0.378 e. The number of aromatic amines is 1. The molecule has 3 aromatic heterocycles. The van der Waals surface area contributed by atoms with Gasteiger partial charge in [0, 0.05) is 41.7 Å². The lowest BCUT2D eigenvalue weighted by Gasteiger charge is -2.34. The first-order valence-corrected chi connectivity index (χ1v) is 12.1. The Balaban J connectivity index is 1.35. The number of aryl methyl sites for hydroxylation is 2. The van der Waals surface area contributed by atoms with Gasteiger partial charge in [-0.25, -0.2) is 4.98 Å². The van der Waals surface area contributed by atoms with Crippen LogP contribution in [-0.4, -0.2) is 77.4 Å². The van der Waals surface area contributed by atoms with Gasteiger partial charge in [-0.05, 0) is 44.9 Å². The van der Waals surface area contributed by atoms with Crippen LogP contribution in [0.15, 0.2) is 24.4 Å². The van der Waals surface area contributed by atoms with Crippen LogP contribution in [0.1, 0.15) is 35.8 Å². The number of carbonyl (C=O) groups is 1. The summed E-state index contributed by atoms with van der Waals surface area (Å²) >= 11 is 0. The smallest absolute Gasteiger partial charge is 0.248 e. The first-order chi connectivity index (χ1) is 17.0. The Bertz CT molecular complexity index is 1390. The number of aromatic nitrogens is 7. The van der Waals surface area contributed by atoms with E-state index in [0.717, 1.165) is 54.2 Å². The zero-order chi connectivity index (χ0) is 24.1. The van der Waals surface area contributed by atoms with Gasteiger partial charge in [0.15, 0.2) is 11.6 Å². The Morgan fingerprint density at radius 3 is 2.71 bits per heavy atom. The van der Waals surface area contributed by atoms with Crippen LogP contribution in [0, 0.1) is 6.92 Å². The van der Waals surface area contributed by atoms with Gasteiger partial charge >= 0.3 is 0 Å². The summed E-state index contributed by atoms with van der Waals surface area (Å²) in [6.07, 6.45) is 4.19. The summed E-state index contributed by atoms with van der Waals surface area (Å²) in [5.74, 6) is 0.609. The Morgan fingerprint density at radius 2 is 1.97 bits per heavy atom. The molecule has 182 valence electrons. The molecule has 1 aromatic carbocycles. The summed E-state index contributed by atoms with van der Waals surface area (Å²) in [5.41, 5.74) is 9.43. The summed E-state index contributed by atoms with van der Waals surface area (Å²) < 4.78 is 9.54. The molecule has 2 atom stereocenters. The lowest BCUT2D eigenvalue weighted by Crippen LogP contribution is -2.47. The van der Waals surface area contributed by atoms with Crippen LogP contribution >= 0.6 is 0 Å². The van der Waals surface area contributed by atoms with Crippen LogP contribution in [0.5, 0.6) is 0 Å². The largest absolute Gasteiger partial charge is 0.378 e.